The van der Waals surface area contributed by atoms with Crippen LogP contribution in [0.5, 0.6) is 0 Å². The fourth-order valence-electron chi connectivity index (χ4n) is 2.75. The van der Waals surface area contributed by atoms with Crippen molar-refractivity contribution in [3.8, 4) is 0 Å². The summed E-state index contributed by atoms with van der Waals surface area (Å²) in [5.74, 6) is 0. The lowest BCUT2D eigenvalue weighted by Gasteiger charge is -2.27. The van der Waals surface area contributed by atoms with Gasteiger partial charge in [0.05, 0.1) is 8.07 Å². The maximum absolute atomic E-state index is 2.64. The van der Waals surface area contributed by atoms with Gasteiger partial charge in [0.1, 0.15) is 0 Å². The number of rotatable bonds is 5. The van der Waals surface area contributed by atoms with Crippen LogP contribution in [-0.4, -0.2) is 8.07 Å². The van der Waals surface area contributed by atoms with Gasteiger partial charge in [0.15, 0.2) is 0 Å². The molecule has 0 aromatic heterocycles. The van der Waals surface area contributed by atoms with Crippen LogP contribution in [0.2, 0.25) is 24.2 Å². The summed E-state index contributed by atoms with van der Waals surface area (Å²) in [6, 6.07) is 5.89. The molecule has 0 spiro atoms. The van der Waals surface area contributed by atoms with Crippen molar-refractivity contribution in [3.63, 3.8) is 0 Å². The molecule has 0 aromatic rings. The van der Waals surface area contributed by atoms with Crippen LogP contribution in [0.1, 0.15) is 52.9 Å². The van der Waals surface area contributed by atoms with Crippen molar-refractivity contribution in [2.45, 2.75) is 77.1 Å². The Labute approximate surface area is 97.2 Å². The van der Waals surface area contributed by atoms with E-state index in [2.05, 4.69) is 26.8 Å². The lowest BCUT2D eigenvalue weighted by Crippen LogP contribution is -2.30. The zero-order valence-electron chi connectivity index (χ0n) is 10.9. The van der Waals surface area contributed by atoms with Gasteiger partial charge in [-0.25, -0.2) is 0 Å². The second kappa shape index (κ2) is 6.52. The summed E-state index contributed by atoms with van der Waals surface area (Å²) in [7, 11) is -0.878. The molecule has 1 heteroatoms. The first-order valence-electron chi connectivity index (χ1n) is 6.94. The minimum absolute atomic E-state index is 0.878. The number of allylic oxidation sites excluding steroid dienone is 2. The molecular formula is C14H28Si. The van der Waals surface area contributed by atoms with Crippen LogP contribution in [0.25, 0.3) is 0 Å². The molecule has 1 aliphatic carbocycles. The van der Waals surface area contributed by atoms with E-state index in [0.717, 1.165) is 0 Å². The molecule has 0 aromatic carbocycles. The van der Waals surface area contributed by atoms with E-state index in [4.69, 9.17) is 0 Å². The lowest BCUT2D eigenvalue weighted by atomic mass is 9.95. The molecule has 0 amide bonds. The van der Waals surface area contributed by atoms with Crippen LogP contribution in [0.15, 0.2) is 11.6 Å². The van der Waals surface area contributed by atoms with Gasteiger partial charge in [-0.1, -0.05) is 57.0 Å². The Morgan fingerprint density at radius 3 is 1.93 bits per heavy atom. The van der Waals surface area contributed by atoms with Crippen LogP contribution in [0.4, 0.5) is 0 Å². The van der Waals surface area contributed by atoms with Crippen LogP contribution in [-0.2, 0) is 0 Å². The van der Waals surface area contributed by atoms with Crippen molar-refractivity contribution in [3.05, 3.63) is 11.6 Å². The van der Waals surface area contributed by atoms with Crippen LogP contribution in [0, 0.1) is 0 Å². The minimum Gasteiger partial charge on any atom is -0.0880 e. The SMILES string of the molecule is CC[Si](CC)(CC)CC=C1CCCCC1. The molecular weight excluding hydrogens is 196 g/mol. The predicted molar refractivity (Wildman–Crippen MR) is 73.2 cm³/mol. The molecule has 1 rings (SSSR count). The van der Waals surface area contributed by atoms with Gasteiger partial charge in [-0.3, -0.25) is 0 Å². The van der Waals surface area contributed by atoms with Crippen molar-refractivity contribution in [1.29, 1.82) is 0 Å². The average Bonchev–Trinajstić information content (AvgIpc) is 2.33. The van der Waals surface area contributed by atoms with Crippen molar-refractivity contribution < 1.29 is 0 Å². The molecule has 15 heavy (non-hydrogen) atoms. The van der Waals surface area contributed by atoms with Crippen molar-refractivity contribution in [2.75, 3.05) is 0 Å². The average molecular weight is 224 g/mol. The van der Waals surface area contributed by atoms with Crippen molar-refractivity contribution in [1.82, 2.24) is 0 Å². The van der Waals surface area contributed by atoms with Gasteiger partial charge in [0.25, 0.3) is 0 Å². The summed E-state index contributed by atoms with van der Waals surface area (Å²) in [6.45, 7) is 7.25. The van der Waals surface area contributed by atoms with E-state index in [9.17, 15) is 0 Å². The largest absolute Gasteiger partial charge is 0.0880 e. The molecule has 0 aliphatic heterocycles. The van der Waals surface area contributed by atoms with Gasteiger partial charge in [-0.05, 0) is 31.7 Å². The first-order chi connectivity index (χ1) is 7.26. The van der Waals surface area contributed by atoms with Gasteiger partial charge in [-0.15, -0.1) is 0 Å². The Balaban J connectivity index is 2.50. The molecule has 0 saturated heterocycles. The standard InChI is InChI=1S/C14H28Si/c1-4-15(5-2,6-3)13-12-14-10-8-7-9-11-14/h12H,4-11,13H2,1-3H3. The Morgan fingerprint density at radius 2 is 1.47 bits per heavy atom. The van der Waals surface area contributed by atoms with Crippen molar-refractivity contribution in [2.24, 2.45) is 0 Å². The third-order valence-electron chi connectivity index (χ3n) is 4.57. The highest BCUT2D eigenvalue weighted by Crippen LogP contribution is 2.29. The zero-order chi connectivity index (χ0) is 11.1. The Morgan fingerprint density at radius 1 is 0.933 bits per heavy atom. The van der Waals surface area contributed by atoms with Crippen LogP contribution >= 0.6 is 0 Å². The molecule has 0 nitrogen and oxygen atoms in total. The second-order valence-corrected chi connectivity index (χ2v) is 10.7. The molecule has 1 aliphatic rings. The van der Waals surface area contributed by atoms with Crippen LogP contribution < -0.4 is 0 Å². The highest BCUT2D eigenvalue weighted by Gasteiger charge is 2.25. The topological polar surface area (TPSA) is 0 Å². The highest BCUT2D eigenvalue weighted by atomic mass is 28.3. The maximum atomic E-state index is 2.64. The van der Waals surface area contributed by atoms with Gasteiger partial charge in [-0.2, -0.15) is 0 Å². The molecule has 0 N–H and O–H groups in total. The molecule has 88 valence electrons. The fraction of sp³-hybridized carbons (Fsp3) is 0.857. The molecule has 0 heterocycles. The molecule has 0 unspecified atom stereocenters. The molecule has 1 saturated carbocycles. The quantitative estimate of drug-likeness (QED) is 0.434. The van der Waals surface area contributed by atoms with E-state index >= 15 is 0 Å². The van der Waals surface area contributed by atoms with Gasteiger partial charge in [0, 0.05) is 0 Å². The smallest absolute Gasteiger partial charge is 0.0565 e. The van der Waals surface area contributed by atoms with E-state index in [0.29, 0.717) is 0 Å². The number of hydrogen-bond donors (Lipinski definition) is 0. The van der Waals surface area contributed by atoms with E-state index in [1.54, 1.807) is 5.57 Å². The zero-order valence-corrected chi connectivity index (χ0v) is 11.9. The lowest BCUT2D eigenvalue weighted by molar-refractivity contribution is 0.598. The third kappa shape index (κ3) is 3.79. The predicted octanol–water partition coefficient (Wildman–Crippen LogP) is 5.39. The molecule has 0 atom stereocenters. The normalized spacial score (nSPS) is 17.9. The van der Waals surface area contributed by atoms with E-state index < -0.39 is 8.07 Å². The van der Waals surface area contributed by atoms with Gasteiger partial charge < -0.3 is 0 Å². The summed E-state index contributed by atoms with van der Waals surface area (Å²) < 4.78 is 0. The Bertz CT molecular complexity index is 185. The van der Waals surface area contributed by atoms with E-state index in [1.165, 1.54) is 56.3 Å². The van der Waals surface area contributed by atoms with Crippen molar-refractivity contribution >= 4 is 8.07 Å². The second-order valence-electron chi connectivity index (χ2n) is 5.19. The van der Waals surface area contributed by atoms with E-state index in [1.807, 2.05) is 0 Å². The maximum Gasteiger partial charge on any atom is 0.0565 e. The molecule has 0 radical (unpaired) electrons. The first-order valence-corrected chi connectivity index (χ1v) is 9.77. The molecule has 0 bridgehead atoms. The van der Waals surface area contributed by atoms with Gasteiger partial charge in [0.2, 0.25) is 0 Å². The molecule has 1 fully saturated rings. The summed E-state index contributed by atoms with van der Waals surface area (Å²) in [6.07, 6.45) is 9.82. The number of hydrogen-bond acceptors (Lipinski definition) is 0. The monoisotopic (exact) mass is 224 g/mol. The fourth-order valence-corrected chi connectivity index (χ4v) is 5.84. The summed E-state index contributed by atoms with van der Waals surface area (Å²) in [5, 5.41) is 0. The third-order valence-corrected chi connectivity index (χ3v) is 10.1. The van der Waals surface area contributed by atoms with Crippen LogP contribution in [0.3, 0.4) is 0 Å². The summed E-state index contributed by atoms with van der Waals surface area (Å²) in [4.78, 5) is 0. The Kier molecular flexibility index (Phi) is 5.66. The minimum atomic E-state index is -0.878. The Hall–Kier alpha value is -0.0431. The highest BCUT2D eigenvalue weighted by molar-refractivity contribution is 6.80. The summed E-state index contributed by atoms with van der Waals surface area (Å²) in [5.41, 5.74) is 1.79. The summed E-state index contributed by atoms with van der Waals surface area (Å²) >= 11 is 0. The van der Waals surface area contributed by atoms with Gasteiger partial charge >= 0.3 is 0 Å². The first kappa shape index (κ1) is 13.0. The van der Waals surface area contributed by atoms with E-state index in [-0.39, 0.29) is 0 Å².